The summed E-state index contributed by atoms with van der Waals surface area (Å²) in [5.41, 5.74) is 12.8. The maximum absolute atomic E-state index is 5.64. The van der Waals surface area contributed by atoms with Gasteiger partial charge in [0.25, 0.3) is 0 Å². The molecule has 5 heteroatoms. The van der Waals surface area contributed by atoms with Crippen LogP contribution in [0.1, 0.15) is 11.3 Å². The monoisotopic (exact) mass is 230 g/mol. The van der Waals surface area contributed by atoms with E-state index in [0.717, 1.165) is 11.3 Å². The summed E-state index contributed by atoms with van der Waals surface area (Å²) in [6, 6.07) is 7.56. The quantitative estimate of drug-likeness (QED) is 0.836. The highest BCUT2D eigenvalue weighted by Gasteiger charge is 2.04. The second kappa shape index (κ2) is 4.80. The number of hydrogen-bond donors (Lipinski definition) is 2. The number of aromatic nitrogens is 2. The zero-order chi connectivity index (χ0) is 12.3. The molecule has 0 bridgehead atoms. The minimum atomic E-state index is 0.244. The van der Waals surface area contributed by atoms with Gasteiger partial charge in [0.05, 0.1) is 11.9 Å². The van der Waals surface area contributed by atoms with E-state index in [1.54, 1.807) is 6.20 Å². The first kappa shape index (κ1) is 11.3. The summed E-state index contributed by atoms with van der Waals surface area (Å²) in [7, 11) is 0. The SMILES string of the molecule is Cc1nc(N)ncc1Oc1ccc(CN)cc1. The molecule has 2 rings (SSSR count). The Hall–Kier alpha value is -2.14. The van der Waals surface area contributed by atoms with E-state index < -0.39 is 0 Å². The predicted octanol–water partition coefficient (Wildman–Crippen LogP) is 1.62. The van der Waals surface area contributed by atoms with E-state index in [0.29, 0.717) is 18.0 Å². The highest BCUT2D eigenvalue weighted by Crippen LogP contribution is 2.23. The number of hydrogen-bond acceptors (Lipinski definition) is 5. The van der Waals surface area contributed by atoms with Crippen LogP contribution in [0.3, 0.4) is 0 Å². The molecule has 0 atom stereocenters. The number of nitrogen functional groups attached to an aromatic ring is 1. The maximum Gasteiger partial charge on any atom is 0.220 e. The van der Waals surface area contributed by atoms with Crippen LogP contribution in [0.15, 0.2) is 30.5 Å². The number of ether oxygens (including phenoxy) is 1. The predicted molar refractivity (Wildman–Crippen MR) is 65.6 cm³/mol. The Kier molecular flexibility index (Phi) is 3.20. The zero-order valence-corrected chi connectivity index (χ0v) is 9.55. The lowest BCUT2D eigenvalue weighted by Crippen LogP contribution is -1.99. The topological polar surface area (TPSA) is 87.0 Å². The molecule has 88 valence electrons. The van der Waals surface area contributed by atoms with E-state index in [1.807, 2.05) is 31.2 Å². The molecule has 0 unspecified atom stereocenters. The Bertz CT molecular complexity index is 510. The van der Waals surface area contributed by atoms with E-state index in [4.69, 9.17) is 16.2 Å². The zero-order valence-electron chi connectivity index (χ0n) is 9.55. The summed E-state index contributed by atoms with van der Waals surface area (Å²) < 4.78 is 5.64. The molecule has 1 aromatic carbocycles. The van der Waals surface area contributed by atoms with Gasteiger partial charge >= 0.3 is 0 Å². The summed E-state index contributed by atoms with van der Waals surface area (Å²) >= 11 is 0. The smallest absolute Gasteiger partial charge is 0.220 e. The summed E-state index contributed by atoms with van der Waals surface area (Å²) in [6.07, 6.45) is 1.56. The molecule has 0 amide bonds. The van der Waals surface area contributed by atoms with Crippen molar-refractivity contribution in [2.45, 2.75) is 13.5 Å². The molecule has 0 aliphatic rings. The molecule has 0 fully saturated rings. The van der Waals surface area contributed by atoms with E-state index in [1.165, 1.54) is 0 Å². The fourth-order valence-electron chi connectivity index (χ4n) is 1.39. The van der Waals surface area contributed by atoms with Crippen molar-refractivity contribution in [2.75, 3.05) is 5.73 Å². The van der Waals surface area contributed by atoms with Crippen LogP contribution in [-0.4, -0.2) is 9.97 Å². The van der Waals surface area contributed by atoms with Crippen molar-refractivity contribution in [3.8, 4) is 11.5 Å². The minimum absolute atomic E-state index is 0.244. The normalized spacial score (nSPS) is 10.2. The number of aryl methyl sites for hydroxylation is 1. The van der Waals surface area contributed by atoms with Gasteiger partial charge in [-0.05, 0) is 24.6 Å². The average Bonchev–Trinajstić information content (AvgIpc) is 2.34. The van der Waals surface area contributed by atoms with Crippen LogP contribution in [0.5, 0.6) is 11.5 Å². The van der Waals surface area contributed by atoms with Crippen molar-refractivity contribution in [3.05, 3.63) is 41.7 Å². The molecule has 1 aromatic heterocycles. The molecule has 17 heavy (non-hydrogen) atoms. The van der Waals surface area contributed by atoms with Crippen LogP contribution in [0.4, 0.5) is 5.95 Å². The molecule has 0 radical (unpaired) electrons. The van der Waals surface area contributed by atoms with Crippen LogP contribution >= 0.6 is 0 Å². The van der Waals surface area contributed by atoms with Crippen molar-refractivity contribution in [1.82, 2.24) is 9.97 Å². The molecule has 0 saturated heterocycles. The minimum Gasteiger partial charge on any atom is -0.454 e. The van der Waals surface area contributed by atoms with Crippen molar-refractivity contribution in [3.63, 3.8) is 0 Å². The van der Waals surface area contributed by atoms with Crippen LogP contribution in [0, 0.1) is 6.92 Å². The number of rotatable bonds is 3. The van der Waals surface area contributed by atoms with Crippen molar-refractivity contribution in [2.24, 2.45) is 5.73 Å². The molecule has 0 aliphatic carbocycles. The number of nitrogens with zero attached hydrogens (tertiary/aromatic N) is 2. The fourth-order valence-corrected chi connectivity index (χ4v) is 1.39. The second-order valence-electron chi connectivity index (χ2n) is 3.63. The highest BCUT2D eigenvalue weighted by atomic mass is 16.5. The Morgan fingerprint density at radius 3 is 2.53 bits per heavy atom. The maximum atomic E-state index is 5.64. The van der Waals surface area contributed by atoms with Crippen molar-refractivity contribution in [1.29, 1.82) is 0 Å². The molecule has 5 nitrogen and oxygen atoms in total. The molecule has 2 aromatic rings. The van der Waals surface area contributed by atoms with E-state index in [9.17, 15) is 0 Å². The molecular weight excluding hydrogens is 216 g/mol. The van der Waals surface area contributed by atoms with Crippen LogP contribution in [0.25, 0.3) is 0 Å². The molecule has 0 saturated carbocycles. The van der Waals surface area contributed by atoms with Gasteiger partial charge in [-0.15, -0.1) is 0 Å². The third kappa shape index (κ3) is 2.70. The second-order valence-corrected chi connectivity index (χ2v) is 3.63. The molecule has 4 N–H and O–H groups in total. The Morgan fingerprint density at radius 1 is 1.24 bits per heavy atom. The average molecular weight is 230 g/mol. The van der Waals surface area contributed by atoms with Gasteiger partial charge in [0, 0.05) is 6.54 Å². The van der Waals surface area contributed by atoms with E-state index >= 15 is 0 Å². The van der Waals surface area contributed by atoms with Gasteiger partial charge in [-0.1, -0.05) is 12.1 Å². The standard InChI is InChI=1S/C12H14N4O/c1-8-11(7-15-12(14)16-8)17-10-4-2-9(6-13)3-5-10/h2-5,7H,6,13H2,1H3,(H2,14,15,16). The first-order valence-electron chi connectivity index (χ1n) is 5.25. The van der Waals surface area contributed by atoms with Gasteiger partial charge in [0.2, 0.25) is 5.95 Å². The largest absolute Gasteiger partial charge is 0.454 e. The Morgan fingerprint density at radius 2 is 1.94 bits per heavy atom. The number of anilines is 1. The first-order chi connectivity index (χ1) is 8.19. The van der Waals surface area contributed by atoms with Gasteiger partial charge in [0.1, 0.15) is 5.75 Å². The lowest BCUT2D eigenvalue weighted by molar-refractivity contribution is 0.473. The third-order valence-electron chi connectivity index (χ3n) is 2.34. The summed E-state index contributed by atoms with van der Waals surface area (Å²) in [6.45, 7) is 2.34. The van der Waals surface area contributed by atoms with Gasteiger partial charge in [-0.25, -0.2) is 9.97 Å². The molecule has 0 aliphatic heterocycles. The first-order valence-corrected chi connectivity index (χ1v) is 5.25. The lowest BCUT2D eigenvalue weighted by atomic mass is 10.2. The van der Waals surface area contributed by atoms with Crippen LogP contribution < -0.4 is 16.2 Å². The van der Waals surface area contributed by atoms with Crippen molar-refractivity contribution < 1.29 is 4.74 Å². The fraction of sp³-hybridized carbons (Fsp3) is 0.167. The summed E-state index contributed by atoms with van der Waals surface area (Å²) in [5.74, 6) is 1.56. The Balaban J connectivity index is 2.19. The molecule has 1 heterocycles. The number of nitrogens with two attached hydrogens (primary N) is 2. The van der Waals surface area contributed by atoms with Gasteiger partial charge < -0.3 is 16.2 Å². The van der Waals surface area contributed by atoms with Gasteiger partial charge in [-0.2, -0.15) is 0 Å². The molecule has 0 spiro atoms. The summed E-state index contributed by atoms with van der Waals surface area (Å²) in [5, 5.41) is 0. The highest BCUT2D eigenvalue weighted by molar-refractivity contribution is 5.35. The van der Waals surface area contributed by atoms with E-state index in [-0.39, 0.29) is 5.95 Å². The van der Waals surface area contributed by atoms with Gasteiger partial charge in [-0.3, -0.25) is 0 Å². The van der Waals surface area contributed by atoms with Crippen LogP contribution in [-0.2, 0) is 6.54 Å². The summed E-state index contributed by atoms with van der Waals surface area (Å²) in [4.78, 5) is 7.92. The number of benzene rings is 1. The third-order valence-corrected chi connectivity index (χ3v) is 2.34. The lowest BCUT2D eigenvalue weighted by Gasteiger charge is -2.08. The van der Waals surface area contributed by atoms with Crippen LogP contribution in [0.2, 0.25) is 0 Å². The van der Waals surface area contributed by atoms with Crippen molar-refractivity contribution >= 4 is 5.95 Å². The Labute approximate surface area is 99.5 Å². The van der Waals surface area contributed by atoms with Gasteiger partial charge in [0.15, 0.2) is 5.75 Å². The molecular formula is C12H14N4O. The van der Waals surface area contributed by atoms with E-state index in [2.05, 4.69) is 9.97 Å².